The number of hydrogen-bond acceptors (Lipinski definition) is 4. The van der Waals surface area contributed by atoms with Gasteiger partial charge in [0.05, 0.1) is 11.5 Å². The molecule has 1 saturated carbocycles. The van der Waals surface area contributed by atoms with Gasteiger partial charge in [-0.2, -0.15) is 0 Å². The number of esters is 2. The molecule has 1 aromatic rings. The maximum Gasteiger partial charge on any atom is 0.338 e. The van der Waals surface area contributed by atoms with Crippen LogP contribution >= 0.6 is 0 Å². The van der Waals surface area contributed by atoms with E-state index < -0.39 is 11.6 Å². The van der Waals surface area contributed by atoms with E-state index in [0.717, 1.165) is 0 Å². The van der Waals surface area contributed by atoms with Crippen molar-refractivity contribution in [3.05, 3.63) is 35.9 Å². The molecular weight excluding hydrogens is 244 g/mol. The first-order valence-electron chi connectivity index (χ1n) is 6.36. The van der Waals surface area contributed by atoms with E-state index in [9.17, 15) is 9.59 Å². The van der Waals surface area contributed by atoms with Crippen LogP contribution in [0.3, 0.4) is 0 Å². The van der Waals surface area contributed by atoms with Crippen molar-refractivity contribution in [2.45, 2.75) is 38.9 Å². The van der Waals surface area contributed by atoms with Crippen LogP contribution in [0.5, 0.6) is 0 Å². The Morgan fingerprint density at radius 2 is 1.79 bits per heavy atom. The largest absolute Gasteiger partial charge is 0.460 e. The van der Waals surface area contributed by atoms with Crippen LogP contribution in [0.4, 0.5) is 0 Å². The van der Waals surface area contributed by atoms with Gasteiger partial charge in [-0.15, -0.1) is 0 Å². The summed E-state index contributed by atoms with van der Waals surface area (Å²) in [6, 6.07) is 8.75. The molecule has 1 fully saturated rings. The predicted molar refractivity (Wildman–Crippen MR) is 69.6 cm³/mol. The van der Waals surface area contributed by atoms with Gasteiger partial charge in [0, 0.05) is 6.42 Å². The summed E-state index contributed by atoms with van der Waals surface area (Å²) in [6.45, 7) is 5.45. The topological polar surface area (TPSA) is 52.6 Å². The van der Waals surface area contributed by atoms with Crippen LogP contribution in [0.1, 0.15) is 37.6 Å². The molecule has 1 aliphatic carbocycles. The zero-order valence-corrected chi connectivity index (χ0v) is 11.4. The highest BCUT2D eigenvalue weighted by molar-refractivity contribution is 5.90. The van der Waals surface area contributed by atoms with Gasteiger partial charge in [-0.1, -0.05) is 18.2 Å². The number of rotatable bonds is 3. The number of hydrogen-bond donors (Lipinski definition) is 0. The van der Waals surface area contributed by atoms with Crippen molar-refractivity contribution in [2.75, 3.05) is 0 Å². The predicted octanol–water partition coefficient (Wildman–Crippen LogP) is 2.57. The van der Waals surface area contributed by atoms with Crippen LogP contribution in [-0.4, -0.2) is 23.6 Å². The molecule has 1 aromatic carbocycles. The van der Waals surface area contributed by atoms with Gasteiger partial charge in [-0.25, -0.2) is 4.79 Å². The Morgan fingerprint density at radius 3 is 2.37 bits per heavy atom. The van der Waals surface area contributed by atoms with E-state index in [1.807, 2.05) is 26.8 Å². The van der Waals surface area contributed by atoms with Gasteiger partial charge in [0.1, 0.15) is 11.7 Å². The summed E-state index contributed by atoms with van der Waals surface area (Å²) in [6.07, 6.45) is 0.204. The molecule has 2 atom stereocenters. The molecule has 19 heavy (non-hydrogen) atoms. The smallest absolute Gasteiger partial charge is 0.338 e. The highest BCUT2D eigenvalue weighted by Crippen LogP contribution is 2.36. The SMILES string of the molecule is CC(C)(C)OC(=O)[C@@H]1C[C@@H]1OC(=O)c1ccccc1. The summed E-state index contributed by atoms with van der Waals surface area (Å²) in [4.78, 5) is 23.5. The first-order valence-corrected chi connectivity index (χ1v) is 6.36. The van der Waals surface area contributed by atoms with Crippen molar-refractivity contribution in [1.29, 1.82) is 0 Å². The van der Waals surface area contributed by atoms with Gasteiger partial charge in [0.2, 0.25) is 0 Å². The first-order chi connectivity index (χ1) is 8.87. The summed E-state index contributed by atoms with van der Waals surface area (Å²) < 4.78 is 10.5. The zero-order valence-electron chi connectivity index (χ0n) is 11.4. The number of carbonyl (C=O) groups is 2. The molecule has 4 nitrogen and oxygen atoms in total. The maximum atomic E-state index is 11.8. The summed E-state index contributed by atoms with van der Waals surface area (Å²) >= 11 is 0. The van der Waals surface area contributed by atoms with Gasteiger partial charge in [0.25, 0.3) is 0 Å². The minimum atomic E-state index is -0.506. The fourth-order valence-electron chi connectivity index (χ4n) is 1.71. The Morgan fingerprint density at radius 1 is 1.16 bits per heavy atom. The maximum absolute atomic E-state index is 11.8. The van der Waals surface area contributed by atoms with Gasteiger partial charge in [0.15, 0.2) is 0 Å². The van der Waals surface area contributed by atoms with Crippen molar-refractivity contribution >= 4 is 11.9 Å². The Bertz CT molecular complexity index is 473. The number of carbonyl (C=O) groups excluding carboxylic acids is 2. The van der Waals surface area contributed by atoms with Crippen molar-refractivity contribution in [2.24, 2.45) is 5.92 Å². The standard InChI is InChI=1S/C15H18O4/c1-15(2,3)19-14(17)11-9-12(11)18-13(16)10-7-5-4-6-8-10/h4-8,11-12H,9H2,1-3H3/t11-,12+/m1/s1. The third-order valence-electron chi connectivity index (χ3n) is 2.71. The molecule has 0 heterocycles. The van der Waals surface area contributed by atoms with E-state index in [0.29, 0.717) is 12.0 Å². The monoisotopic (exact) mass is 262 g/mol. The average molecular weight is 262 g/mol. The summed E-state index contributed by atoms with van der Waals surface area (Å²) in [5, 5.41) is 0. The Labute approximate surface area is 112 Å². The lowest BCUT2D eigenvalue weighted by Gasteiger charge is -2.19. The van der Waals surface area contributed by atoms with Crippen molar-refractivity contribution in [3.63, 3.8) is 0 Å². The number of benzene rings is 1. The van der Waals surface area contributed by atoms with E-state index in [1.165, 1.54) is 0 Å². The van der Waals surface area contributed by atoms with Crippen LogP contribution in [-0.2, 0) is 14.3 Å². The van der Waals surface area contributed by atoms with E-state index in [-0.39, 0.29) is 18.0 Å². The zero-order chi connectivity index (χ0) is 14.0. The minimum absolute atomic E-state index is 0.293. The van der Waals surface area contributed by atoms with E-state index in [4.69, 9.17) is 9.47 Å². The highest BCUT2D eigenvalue weighted by atomic mass is 16.6. The van der Waals surface area contributed by atoms with Crippen LogP contribution in [0.25, 0.3) is 0 Å². The molecule has 0 radical (unpaired) electrons. The first kappa shape index (κ1) is 13.6. The second kappa shape index (κ2) is 5.03. The molecule has 0 unspecified atom stereocenters. The minimum Gasteiger partial charge on any atom is -0.460 e. The summed E-state index contributed by atoms with van der Waals surface area (Å²) in [5.41, 5.74) is -0.00875. The Balaban J connectivity index is 1.84. The third kappa shape index (κ3) is 3.81. The van der Waals surface area contributed by atoms with Crippen molar-refractivity contribution in [1.82, 2.24) is 0 Å². The second-order valence-corrected chi connectivity index (χ2v) is 5.69. The van der Waals surface area contributed by atoms with E-state index >= 15 is 0 Å². The quantitative estimate of drug-likeness (QED) is 0.786. The van der Waals surface area contributed by atoms with Crippen LogP contribution in [0.15, 0.2) is 30.3 Å². The van der Waals surface area contributed by atoms with Crippen LogP contribution in [0.2, 0.25) is 0 Å². The van der Waals surface area contributed by atoms with Crippen molar-refractivity contribution < 1.29 is 19.1 Å². The molecule has 4 heteroatoms. The fraction of sp³-hybridized carbons (Fsp3) is 0.467. The van der Waals surface area contributed by atoms with E-state index in [2.05, 4.69) is 0 Å². The molecule has 0 aromatic heterocycles. The number of ether oxygens (including phenoxy) is 2. The average Bonchev–Trinajstić information content (AvgIpc) is 3.07. The molecule has 2 rings (SSSR count). The third-order valence-corrected chi connectivity index (χ3v) is 2.71. The second-order valence-electron chi connectivity index (χ2n) is 5.69. The summed E-state index contributed by atoms with van der Waals surface area (Å²) in [7, 11) is 0. The molecule has 0 spiro atoms. The molecule has 0 saturated heterocycles. The van der Waals surface area contributed by atoms with Crippen molar-refractivity contribution in [3.8, 4) is 0 Å². The normalized spacial score (nSPS) is 21.6. The Kier molecular flexibility index (Phi) is 3.60. The Hall–Kier alpha value is -1.84. The fourth-order valence-corrected chi connectivity index (χ4v) is 1.71. The molecule has 0 amide bonds. The van der Waals surface area contributed by atoms with Gasteiger partial charge >= 0.3 is 11.9 Å². The molecule has 0 bridgehead atoms. The lowest BCUT2D eigenvalue weighted by Crippen LogP contribution is -2.26. The lowest BCUT2D eigenvalue weighted by molar-refractivity contribution is -0.157. The van der Waals surface area contributed by atoms with Gasteiger partial charge in [-0.05, 0) is 32.9 Å². The molecule has 0 N–H and O–H groups in total. The van der Waals surface area contributed by atoms with E-state index in [1.54, 1.807) is 24.3 Å². The van der Waals surface area contributed by atoms with Crippen LogP contribution < -0.4 is 0 Å². The highest BCUT2D eigenvalue weighted by Gasteiger charge is 2.48. The molecule has 102 valence electrons. The van der Waals surface area contributed by atoms with Gasteiger partial charge < -0.3 is 9.47 Å². The molecule has 0 aliphatic heterocycles. The van der Waals surface area contributed by atoms with Gasteiger partial charge in [-0.3, -0.25) is 4.79 Å². The summed E-state index contributed by atoms with van der Waals surface area (Å²) in [5.74, 6) is -0.998. The van der Waals surface area contributed by atoms with Crippen LogP contribution in [0, 0.1) is 5.92 Å². The molecular formula is C15H18O4. The lowest BCUT2D eigenvalue weighted by atomic mass is 10.2. The molecule has 1 aliphatic rings.